The monoisotopic (exact) mass is 385 g/mol. The Morgan fingerprint density at radius 1 is 1.07 bits per heavy atom. The van der Waals surface area contributed by atoms with Gasteiger partial charge in [-0.1, -0.05) is 30.3 Å². The van der Waals surface area contributed by atoms with Crippen molar-refractivity contribution in [3.8, 4) is 11.5 Å². The highest BCUT2D eigenvalue weighted by Crippen LogP contribution is 2.33. The second-order valence-electron chi connectivity index (χ2n) is 6.88. The van der Waals surface area contributed by atoms with E-state index in [0.717, 1.165) is 48.9 Å². The quantitative estimate of drug-likeness (QED) is 0.784. The number of nitrogens with one attached hydrogen (secondary N) is 2. The molecule has 1 amide bonds. The van der Waals surface area contributed by atoms with E-state index in [-0.39, 0.29) is 19.4 Å². The van der Waals surface area contributed by atoms with E-state index in [1.54, 1.807) is 0 Å². The number of ether oxygens (including phenoxy) is 4. The summed E-state index contributed by atoms with van der Waals surface area (Å²) in [6.45, 7) is 4.19. The van der Waals surface area contributed by atoms with Crippen molar-refractivity contribution in [1.82, 2.24) is 5.32 Å². The number of amides is 1. The van der Waals surface area contributed by atoms with Crippen LogP contribution in [0.4, 0.5) is 4.79 Å². The van der Waals surface area contributed by atoms with E-state index in [0.29, 0.717) is 6.54 Å². The third kappa shape index (κ3) is 4.55. The number of carbonyl (C=O) groups is 1. The van der Waals surface area contributed by atoms with Crippen molar-refractivity contribution in [1.29, 1.82) is 0 Å². The van der Waals surface area contributed by atoms with Crippen LogP contribution in [0.2, 0.25) is 0 Å². The average Bonchev–Trinajstić information content (AvgIpc) is 3.22. The lowest BCUT2D eigenvalue weighted by atomic mass is 10.0. The van der Waals surface area contributed by atoms with Gasteiger partial charge in [0.15, 0.2) is 11.5 Å². The van der Waals surface area contributed by atoms with Crippen LogP contribution in [0.25, 0.3) is 0 Å². The standard InChI is InChI=1S/C21H24N2O5/c24-21(26-14-16-4-2-1-3-5-16)22-13-18(23-8-10-25-11-9-23)17-6-7-19-20(12-17)28-15-27-19/h1-7,12,18H,8-11,13-15H2,(H,22,24)/p+1/t18-/m0/s1. The summed E-state index contributed by atoms with van der Waals surface area (Å²) in [5.41, 5.74) is 2.06. The summed E-state index contributed by atoms with van der Waals surface area (Å²) in [6.07, 6.45) is -0.415. The van der Waals surface area contributed by atoms with Crippen molar-refractivity contribution < 1.29 is 28.6 Å². The van der Waals surface area contributed by atoms with E-state index < -0.39 is 6.09 Å². The molecule has 4 rings (SSSR count). The molecule has 0 aromatic heterocycles. The third-order valence-electron chi connectivity index (χ3n) is 5.09. The van der Waals surface area contributed by atoms with Crippen molar-refractivity contribution in [3.05, 3.63) is 59.7 Å². The van der Waals surface area contributed by atoms with Crippen molar-refractivity contribution in [2.45, 2.75) is 12.6 Å². The zero-order valence-electron chi connectivity index (χ0n) is 15.7. The normalized spacial score (nSPS) is 17.1. The van der Waals surface area contributed by atoms with E-state index in [1.165, 1.54) is 4.90 Å². The Morgan fingerprint density at radius 2 is 1.86 bits per heavy atom. The number of benzene rings is 2. The van der Waals surface area contributed by atoms with Gasteiger partial charge in [-0.25, -0.2) is 4.79 Å². The Balaban J connectivity index is 1.40. The molecule has 1 fully saturated rings. The molecule has 148 valence electrons. The SMILES string of the molecule is O=C(NC[C@@H](c1ccc2c(c1)OCO2)[NH+]1CCOCC1)OCc1ccccc1. The summed E-state index contributed by atoms with van der Waals surface area (Å²) in [4.78, 5) is 13.6. The molecule has 0 unspecified atom stereocenters. The second-order valence-corrected chi connectivity index (χ2v) is 6.88. The van der Waals surface area contributed by atoms with E-state index in [4.69, 9.17) is 18.9 Å². The maximum absolute atomic E-state index is 12.2. The van der Waals surface area contributed by atoms with Crippen LogP contribution in [0.5, 0.6) is 11.5 Å². The molecule has 0 radical (unpaired) electrons. The molecular weight excluding hydrogens is 360 g/mol. The van der Waals surface area contributed by atoms with E-state index >= 15 is 0 Å². The smallest absolute Gasteiger partial charge is 0.407 e. The summed E-state index contributed by atoms with van der Waals surface area (Å²) in [7, 11) is 0. The van der Waals surface area contributed by atoms with Crippen LogP contribution >= 0.6 is 0 Å². The van der Waals surface area contributed by atoms with Crippen LogP contribution in [0.1, 0.15) is 17.2 Å². The highest BCUT2D eigenvalue weighted by Gasteiger charge is 2.28. The van der Waals surface area contributed by atoms with Crippen molar-refractivity contribution in [3.63, 3.8) is 0 Å². The van der Waals surface area contributed by atoms with Gasteiger partial charge in [0, 0.05) is 5.56 Å². The number of carbonyl (C=O) groups excluding carboxylic acids is 1. The molecule has 0 bridgehead atoms. The molecule has 2 N–H and O–H groups in total. The predicted molar refractivity (Wildman–Crippen MR) is 101 cm³/mol. The van der Waals surface area contributed by atoms with Gasteiger partial charge < -0.3 is 29.2 Å². The fourth-order valence-electron chi connectivity index (χ4n) is 3.57. The molecule has 2 aliphatic rings. The summed E-state index contributed by atoms with van der Waals surface area (Å²) < 4.78 is 21.8. The maximum Gasteiger partial charge on any atom is 0.407 e. The number of hydrogen-bond donors (Lipinski definition) is 2. The molecule has 1 saturated heterocycles. The zero-order chi connectivity index (χ0) is 19.2. The summed E-state index contributed by atoms with van der Waals surface area (Å²) >= 11 is 0. The highest BCUT2D eigenvalue weighted by atomic mass is 16.7. The minimum Gasteiger partial charge on any atom is -0.454 e. The Labute approximate surface area is 164 Å². The topological polar surface area (TPSA) is 70.5 Å². The number of fused-ring (bicyclic) bond motifs is 1. The first kappa shape index (κ1) is 18.6. The van der Waals surface area contributed by atoms with Crippen LogP contribution in [-0.2, 0) is 16.1 Å². The molecule has 28 heavy (non-hydrogen) atoms. The minimum atomic E-state index is -0.415. The molecule has 2 heterocycles. The van der Waals surface area contributed by atoms with Crippen molar-refractivity contribution in [2.75, 3.05) is 39.6 Å². The first-order valence-electron chi connectivity index (χ1n) is 9.56. The predicted octanol–water partition coefficient (Wildman–Crippen LogP) is 1.30. The van der Waals surface area contributed by atoms with Gasteiger partial charge in [0.05, 0.1) is 19.8 Å². The van der Waals surface area contributed by atoms with Gasteiger partial charge >= 0.3 is 6.09 Å². The number of morpholine rings is 1. The third-order valence-corrected chi connectivity index (χ3v) is 5.09. The van der Waals surface area contributed by atoms with E-state index in [9.17, 15) is 4.79 Å². The van der Waals surface area contributed by atoms with Crippen LogP contribution < -0.4 is 19.7 Å². The lowest BCUT2D eigenvalue weighted by molar-refractivity contribution is -0.937. The molecule has 2 aliphatic heterocycles. The van der Waals surface area contributed by atoms with Gasteiger partial charge in [-0.05, 0) is 23.8 Å². The lowest BCUT2D eigenvalue weighted by Crippen LogP contribution is -3.15. The Kier molecular flexibility index (Phi) is 5.94. The first-order chi connectivity index (χ1) is 13.8. The van der Waals surface area contributed by atoms with Crippen LogP contribution in [-0.4, -0.2) is 45.7 Å². The van der Waals surface area contributed by atoms with Crippen molar-refractivity contribution >= 4 is 6.09 Å². The van der Waals surface area contributed by atoms with Crippen molar-refractivity contribution in [2.24, 2.45) is 0 Å². The highest BCUT2D eigenvalue weighted by molar-refractivity contribution is 5.67. The number of quaternary nitrogens is 1. The van der Waals surface area contributed by atoms with Gasteiger partial charge in [0.25, 0.3) is 0 Å². The van der Waals surface area contributed by atoms with Gasteiger partial charge in [-0.2, -0.15) is 0 Å². The number of hydrogen-bond acceptors (Lipinski definition) is 5. The molecule has 7 nitrogen and oxygen atoms in total. The van der Waals surface area contributed by atoms with Gasteiger partial charge in [0.2, 0.25) is 6.79 Å². The molecule has 1 atom stereocenters. The molecule has 2 aromatic carbocycles. The minimum absolute atomic E-state index is 0.0858. The summed E-state index contributed by atoms with van der Waals surface area (Å²) in [5, 5.41) is 2.92. The summed E-state index contributed by atoms with van der Waals surface area (Å²) in [6, 6.07) is 15.7. The van der Waals surface area contributed by atoms with E-state index in [2.05, 4.69) is 5.32 Å². The lowest BCUT2D eigenvalue weighted by Gasteiger charge is -2.31. The molecular formula is C21H25N2O5+. The second kappa shape index (κ2) is 8.95. The Hall–Kier alpha value is -2.77. The van der Waals surface area contributed by atoms with Gasteiger partial charge in [-0.15, -0.1) is 0 Å². The van der Waals surface area contributed by atoms with Crippen LogP contribution in [0, 0.1) is 0 Å². The molecule has 0 saturated carbocycles. The number of rotatable bonds is 6. The Morgan fingerprint density at radius 3 is 2.68 bits per heavy atom. The fourth-order valence-corrected chi connectivity index (χ4v) is 3.57. The largest absolute Gasteiger partial charge is 0.454 e. The average molecular weight is 385 g/mol. The van der Waals surface area contributed by atoms with E-state index in [1.807, 2.05) is 48.5 Å². The maximum atomic E-state index is 12.2. The molecule has 7 heteroatoms. The number of alkyl carbamates (subject to hydrolysis) is 1. The van der Waals surface area contributed by atoms with Gasteiger partial charge in [0.1, 0.15) is 25.7 Å². The Bertz CT molecular complexity index is 793. The van der Waals surface area contributed by atoms with Gasteiger partial charge in [-0.3, -0.25) is 0 Å². The fraction of sp³-hybridized carbons (Fsp3) is 0.381. The zero-order valence-corrected chi connectivity index (χ0v) is 15.7. The van der Waals surface area contributed by atoms with Crippen LogP contribution in [0.15, 0.2) is 48.5 Å². The summed E-state index contributed by atoms with van der Waals surface area (Å²) in [5.74, 6) is 1.51. The molecule has 0 spiro atoms. The molecule has 2 aromatic rings. The molecule has 0 aliphatic carbocycles. The first-order valence-corrected chi connectivity index (χ1v) is 9.56. The van der Waals surface area contributed by atoms with Crippen LogP contribution in [0.3, 0.4) is 0 Å².